The van der Waals surface area contributed by atoms with Crippen molar-refractivity contribution in [1.82, 2.24) is 14.6 Å². The normalized spacial score (nSPS) is 11.0. The van der Waals surface area contributed by atoms with Gasteiger partial charge in [-0.25, -0.2) is 4.52 Å². The van der Waals surface area contributed by atoms with Crippen LogP contribution in [0.3, 0.4) is 0 Å². The minimum Gasteiger partial charge on any atom is -0.252 e. The Morgan fingerprint density at radius 1 is 1.33 bits per heavy atom. The van der Waals surface area contributed by atoms with Crippen LogP contribution in [0.4, 0.5) is 0 Å². The Morgan fingerprint density at radius 3 is 3.07 bits per heavy atom. The molecule has 3 rings (SSSR count). The van der Waals surface area contributed by atoms with E-state index in [-0.39, 0.29) is 0 Å². The van der Waals surface area contributed by atoms with Crippen molar-refractivity contribution in [1.29, 1.82) is 0 Å². The van der Waals surface area contributed by atoms with Crippen molar-refractivity contribution in [2.45, 2.75) is 0 Å². The van der Waals surface area contributed by atoms with Crippen LogP contribution in [0, 0.1) is 0 Å². The largest absolute Gasteiger partial charge is 0.252 e. The highest BCUT2D eigenvalue weighted by Gasteiger charge is 2.07. The van der Waals surface area contributed by atoms with Crippen molar-refractivity contribution in [2.75, 3.05) is 0 Å². The zero-order valence-electron chi connectivity index (χ0n) is 7.59. The average molecular weight is 236 g/mol. The fourth-order valence-electron chi connectivity index (χ4n) is 1.49. The van der Waals surface area contributed by atoms with Crippen LogP contribution >= 0.6 is 22.9 Å². The van der Waals surface area contributed by atoms with Gasteiger partial charge in [0.1, 0.15) is 0 Å². The van der Waals surface area contributed by atoms with Crippen molar-refractivity contribution in [3.05, 3.63) is 41.3 Å². The Bertz CT molecular complexity index is 600. The van der Waals surface area contributed by atoms with E-state index < -0.39 is 0 Å². The van der Waals surface area contributed by atoms with E-state index in [0.717, 1.165) is 16.0 Å². The van der Waals surface area contributed by atoms with Gasteiger partial charge >= 0.3 is 0 Å². The van der Waals surface area contributed by atoms with Gasteiger partial charge in [-0.1, -0.05) is 11.6 Å². The molecule has 0 aliphatic carbocycles. The first-order chi connectivity index (χ1) is 7.34. The van der Waals surface area contributed by atoms with Crippen LogP contribution in [0.15, 0.2) is 36.2 Å². The lowest BCUT2D eigenvalue weighted by atomic mass is 10.2. The molecule has 3 aromatic rings. The van der Waals surface area contributed by atoms with E-state index >= 15 is 0 Å². The van der Waals surface area contributed by atoms with Crippen LogP contribution in [0.25, 0.3) is 16.0 Å². The maximum Gasteiger partial charge on any atom is 0.0798 e. The number of pyridine rings is 1. The van der Waals surface area contributed by atoms with Gasteiger partial charge in [0, 0.05) is 23.0 Å². The highest BCUT2D eigenvalue weighted by molar-refractivity contribution is 7.13. The van der Waals surface area contributed by atoms with Gasteiger partial charge in [0.25, 0.3) is 0 Å². The van der Waals surface area contributed by atoms with E-state index in [1.54, 1.807) is 15.9 Å². The smallest absolute Gasteiger partial charge is 0.0798 e. The summed E-state index contributed by atoms with van der Waals surface area (Å²) in [6.45, 7) is 0. The molecule has 74 valence electrons. The molecule has 0 saturated carbocycles. The van der Waals surface area contributed by atoms with Gasteiger partial charge in [-0.3, -0.25) is 4.98 Å². The number of thiazole rings is 1. The SMILES string of the molecule is Clc1ccn2ncc(-c3cncs3)c2c1. The number of fused-ring (bicyclic) bond motifs is 1. The molecule has 0 spiro atoms. The number of halogens is 1. The van der Waals surface area contributed by atoms with E-state index in [1.165, 1.54) is 0 Å². The standard InChI is InChI=1S/C10H6ClN3S/c11-7-1-2-14-9(3-7)8(4-13-14)10-5-12-6-15-10/h1-6H. The monoisotopic (exact) mass is 235 g/mol. The summed E-state index contributed by atoms with van der Waals surface area (Å²) < 4.78 is 1.81. The van der Waals surface area contributed by atoms with Gasteiger partial charge in [0.05, 0.1) is 22.1 Å². The van der Waals surface area contributed by atoms with Crippen LogP contribution in [0.1, 0.15) is 0 Å². The Morgan fingerprint density at radius 2 is 2.27 bits per heavy atom. The molecule has 0 aliphatic rings. The summed E-state index contributed by atoms with van der Waals surface area (Å²) in [4.78, 5) is 5.16. The maximum absolute atomic E-state index is 5.96. The van der Waals surface area contributed by atoms with Crippen LogP contribution < -0.4 is 0 Å². The first-order valence-corrected chi connectivity index (χ1v) is 5.62. The van der Waals surface area contributed by atoms with E-state index in [0.29, 0.717) is 5.02 Å². The summed E-state index contributed by atoms with van der Waals surface area (Å²) >= 11 is 7.55. The van der Waals surface area contributed by atoms with Crippen LogP contribution in [-0.4, -0.2) is 14.6 Å². The van der Waals surface area contributed by atoms with Crippen molar-refractivity contribution < 1.29 is 0 Å². The third-order valence-corrected chi connectivity index (χ3v) is 3.22. The minimum absolute atomic E-state index is 0.716. The number of aromatic nitrogens is 3. The van der Waals surface area contributed by atoms with E-state index in [9.17, 15) is 0 Å². The predicted molar refractivity (Wildman–Crippen MR) is 61.3 cm³/mol. The van der Waals surface area contributed by atoms with Gasteiger partial charge in [-0.2, -0.15) is 5.10 Å². The van der Waals surface area contributed by atoms with E-state index in [2.05, 4.69) is 10.1 Å². The molecular weight excluding hydrogens is 230 g/mol. The molecule has 3 heterocycles. The summed E-state index contributed by atoms with van der Waals surface area (Å²) in [6, 6.07) is 3.72. The number of hydrogen-bond donors (Lipinski definition) is 0. The lowest BCUT2D eigenvalue weighted by Crippen LogP contribution is -1.84. The summed E-state index contributed by atoms with van der Waals surface area (Å²) in [7, 11) is 0. The van der Waals surface area contributed by atoms with E-state index in [1.807, 2.05) is 36.2 Å². The van der Waals surface area contributed by atoms with Crippen molar-refractivity contribution in [3.8, 4) is 10.4 Å². The number of hydrogen-bond acceptors (Lipinski definition) is 3. The second-order valence-corrected chi connectivity index (χ2v) is 4.42. The fraction of sp³-hybridized carbons (Fsp3) is 0. The van der Waals surface area contributed by atoms with Crippen LogP contribution in [0.5, 0.6) is 0 Å². The van der Waals surface area contributed by atoms with Crippen LogP contribution in [0.2, 0.25) is 5.02 Å². The van der Waals surface area contributed by atoms with E-state index in [4.69, 9.17) is 11.6 Å². The highest BCUT2D eigenvalue weighted by atomic mass is 35.5. The van der Waals surface area contributed by atoms with Crippen LogP contribution in [-0.2, 0) is 0 Å². The molecule has 3 nitrogen and oxygen atoms in total. The second-order valence-electron chi connectivity index (χ2n) is 3.10. The molecule has 0 aromatic carbocycles. The molecule has 0 bridgehead atoms. The highest BCUT2D eigenvalue weighted by Crippen LogP contribution is 2.28. The lowest BCUT2D eigenvalue weighted by molar-refractivity contribution is 0.961. The molecule has 15 heavy (non-hydrogen) atoms. The van der Waals surface area contributed by atoms with Gasteiger partial charge in [0.2, 0.25) is 0 Å². The average Bonchev–Trinajstić information content (AvgIpc) is 2.83. The topological polar surface area (TPSA) is 30.2 Å². The Kier molecular flexibility index (Phi) is 1.97. The van der Waals surface area contributed by atoms with Gasteiger partial charge in [0.15, 0.2) is 0 Å². The zero-order valence-corrected chi connectivity index (χ0v) is 9.16. The molecule has 0 aliphatic heterocycles. The van der Waals surface area contributed by atoms with Gasteiger partial charge in [-0.15, -0.1) is 11.3 Å². The van der Waals surface area contributed by atoms with Crippen molar-refractivity contribution >= 4 is 28.5 Å². The molecule has 0 amide bonds. The molecule has 3 aromatic heterocycles. The maximum atomic E-state index is 5.96. The Balaban J connectivity index is 2.32. The molecule has 0 atom stereocenters. The summed E-state index contributed by atoms with van der Waals surface area (Å²) in [6.07, 6.45) is 5.52. The number of rotatable bonds is 1. The molecule has 0 unspecified atom stereocenters. The Labute approximate surface area is 95.0 Å². The first-order valence-electron chi connectivity index (χ1n) is 4.36. The van der Waals surface area contributed by atoms with Crippen molar-refractivity contribution in [3.63, 3.8) is 0 Å². The first kappa shape index (κ1) is 8.88. The second kappa shape index (κ2) is 3.32. The van der Waals surface area contributed by atoms with Crippen molar-refractivity contribution in [2.24, 2.45) is 0 Å². The Hall–Kier alpha value is -1.39. The summed E-state index contributed by atoms with van der Waals surface area (Å²) in [5, 5.41) is 4.97. The molecule has 0 N–H and O–H groups in total. The number of nitrogens with zero attached hydrogens (tertiary/aromatic N) is 3. The predicted octanol–water partition coefficient (Wildman–Crippen LogP) is 3.11. The molecule has 5 heteroatoms. The molecule has 0 fully saturated rings. The zero-order chi connectivity index (χ0) is 10.3. The fourth-order valence-corrected chi connectivity index (χ4v) is 2.29. The minimum atomic E-state index is 0.716. The molecule has 0 saturated heterocycles. The summed E-state index contributed by atoms with van der Waals surface area (Å²) in [5.74, 6) is 0. The summed E-state index contributed by atoms with van der Waals surface area (Å²) in [5.41, 5.74) is 3.88. The molecule has 0 radical (unpaired) electrons. The third kappa shape index (κ3) is 1.42. The quantitative estimate of drug-likeness (QED) is 0.649. The third-order valence-electron chi connectivity index (χ3n) is 2.18. The van der Waals surface area contributed by atoms with Gasteiger partial charge in [-0.05, 0) is 12.1 Å². The lowest BCUT2D eigenvalue weighted by Gasteiger charge is -1.95. The van der Waals surface area contributed by atoms with Gasteiger partial charge < -0.3 is 0 Å². The molecular formula is C10H6ClN3S.